The van der Waals surface area contributed by atoms with Gasteiger partial charge < -0.3 is 153 Å². The summed E-state index contributed by atoms with van der Waals surface area (Å²) >= 11 is 0. The summed E-state index contributed by atoms with van der Waals surface area (Å²) in [6.07, 6.45) is -41.8. The van der Waals surface area contributed by atoms with E-state index in [1.165, 1.54) is 6.92 Å². The van der Waals surface area contributed by atoms with Gasteiger partial charge in [0.15, 0.2) is 37.6 Å². The van der Waals surface area contributed by atoms with Gasteiger partial charge in [0.2, 0.25) is 6.29 Å². The molecule has 18 N–H and O–H groups in total. The van der Waals surface area contributed by atoms with E-state index in [2.05, 4.69) is 40.7 Å². The number of hydrogen-bond acceptors (Lipinski definition) is 33. The topological polar surface area (TPSA) is 518 Å². The number of ether oxygens (including phenoxy) is 13. The molecule has 96 heavy (non-hydrogen) atoms. The molecule has 37 unspecified atom stereocenters. The third-order valence-electron chi connectivity index (χ3n) is 24.9. The first kappa shape index (κ1) is 73.3. The number of esters is 2. The van der Waals surface area contributed by atoms with Gasteiger partial charge in [0.1, 0.15) is 132 Å². The second kappa shape index (κ2) is 26.7. The first-order valence-corrected chi connectivity index (χ1v) is 33.4. The number of fused-ring (bicyclic) bond motifs is 10. The van der Waals surface area contributed by atoms with Gasteiger partial charge in [-0.05, 0) is 97.7 Å². The maximum Gasteiger partial charge on any atom is 0.317 e. The summed E-state index contributed by atoms with van der Waals surface area (Å²) in [6.45, 7) is 7.24. The van der Waals surface area contributed by atoms with E-state index < -0.39 is 275 Å². The fourth-order valence-corrected chi connectivity index (χ4v) is 19.0. The van der Waals surface area contributed by atoms with Crippen molar-refractivity contribution in [2.24, 2.45) is 50.2 Å². The van der Waals surface area contributed by atoms with Crippen molar-refractivity contribution in [3.05, 3.63) is 11.6 Å². The van der Waals surface area contributed by atoms with Crippen LogP contribution in [0.1, 0.15) is 92.9 Å². The summed E-state index contributed by atoms with van der Waals surface area (Å²) in [7, 11) is 0. The highest BCUT2D eigenvalue weighted by Crippen LogP contribution is 2.77. The largest absolute Gasteiger partial charge is 0.459 e. The van der Waals surface area contributed by atoms with E-state index in [1.54, 1.807) is 0 Å². The summed E-state index contributed by atoms with van der Waals surface area (Å²) in [5.41, 5.74) is -7.22. The van der Waals surface area contributed by atoms with E-state index >= 15 is 4.79 Å². The van der Waals surface area contributed by atoms with Crippen LogP contribution in [0.15, 0.2) is 11.6 Å². The molecule has 548 valence electrons. The molecule has 7 heterocycles. The highest BCUT2D eigenvalue weighted by molar-refractivity contribution is 5.82. The lowest BCUT2D eigenvalue weighted by molar-refractivity contribution is -0.372. The van der Waals surface area contributed by atoms with Crippen LogP contribution in [0.4, 0.5) is 0 Å². The maximum absolute atomic E-state index is 15.6. The van der Waals surface area contributed by atoms with E-state index in [9.17, 15) is 96.7 Å². The highest BCUT2D eigenvalue weighted by Gasteiger charge is 2.78. The smallest absolute Gasteiger partial charge is 0.317 e. The molecule has 0 aromatic heterocycles. The second-order valence-corrected chi connectivity index (χ2v) is 30.7. The number of aliphatic hydroxyl groups is 18. The molecule has 4 saturated carbocycles. The summed E-state index contributed by atoms with van der Waals surface area (Å²) in [5.74, 6) is -3.17. The van der Waals surface area contributed by atoms with Crippen molar-refractivity contribution in [2.45, 2.75) is 271 Å². The second-order valence-electron chi connectivity index (χ2n) is 30.7. The van der Waals surface area contributed by atoms with Gasteiger partial charge >= 0.3 is 11.9 Å². The predicted octanol–water partition coefficient (Wildman–Crippen LogP) is -6.98. The van der Waals surface area contributed by atoms with Crippen molar-refractivity contribution in [1.82, 2.24) is 0 Å². The number of aliphatic hydroxyl groups excluding tert-OH is 17. The Morgan fingerprint density at radius 2 is 1.22 bits per heavy atom. The molecule has 11 fully saturated rings. The Bertz CT molecular complexity index is 2820. The molecule has 0 radical (unpaired) electrons. The van der Waals surface area contributed by atoms with Gasteiger partial charge in [-0.2, -0.15) is 0 Å². The Morgan fingerprint density at radius 3 is 1.90 bits per heavy atom. The van der Waals surface area contributed by atoms with Crippen LogP contribution in [-0.2, 0) is 71.2 Å². The van der Waals surface area contributed by atoms with Gasteiger partial charge in [0, 0.05) is 0 Å². The van der Waals surface area contributed by atoms with Crippen molar-refractivity contribution in [3.63, 3.8) is 0 Å². The molecular formula is C63H98O33. The summed E-state index contributed by atoms with van der Waals surface area (Å²) in [6, 6.07) is 0. The number of rotatable bonds is 16. The average Bonchev–Trinajstić information content (AvgIpc) is 1.12. The van der Waals surface area contributed by atoms with Crippen LogP contribution in [0.3, 0.4) is 0 Å². The van der Waals surface area contributed by atoms with Crippen molar-refractivity contribution < 1.29 is 163 Å². The van der Waals surface area contributed by atoms with Crippen LogP contribution in [0.5, 0.6) is 0 Å². The zero-order chi connectivity index (χ0) is 69.6. The zero-order valence-electron chi connectivity index (χ0n) is 54.3. The zero-order valence-corrected chi connectivity index (χ0v) is 54.3. The van der Waals surface area contributed by atoms with Crippen molar-refractivity contribution in [3.8, 4) is 0 Å². The average molecular weight is 1380 g/mol. The first-order valence-electron chi connectivity index (χ1n) is 33.4. The molecule has 0 spiro atoms. The van der Waals surface area contributed by atoms with E-state index in [0.29, 0.717) is 32.1 Å². The molecule has 37 atom stereocenters. The lowest BCUT2D eigenvalue weighted by atomic mass is 9.33. The molecule has 12 rings (SSSR count). The summed E-state index contributed by atoms with van der Waals surface area (Å²) < 4.78 is 76.4. The van der Waals surface area contributed by atoms with Crippen LogP contribution >= 0.6 is 0 Å². The van der Waals surface area contributed by atoms with Crippen LogP contribution < -0.4 is 0 Å². The van der Waals surface area contributed by atoms with Crippen LogP contribution in [-0.4, -0.2) is 328 Å². The van der Waals surface area contributed by atoms with E-state index in [0.717, 1.165) is 5.57 Å². The monoisotopic (exact) mass is 1380 g/mol. The highest BCUT2D eigenvalue weighted by atomic mass is 16.8. The lowest BCUT2D eigenvalue weighted by Crippen LogP contribution is -2.70. The van der Waals surface area contributed by atoms with Gasteiger partial charge in [-0.1, -0.05) is 46.3 Å². The Kier molecular flexibility index (Phi) is 20.3. The Hall–Kier alpha value is -2.48. The van der Waals surface area contributed by atoms with Gasteiger partial charge in [-0.25, -0.2) is 0 Å². The molecule has 7 saturated heterocycles. The van der Waals surface area contributed by atoms with Gasteiger partial charge in [0.25, 0.3) is 0 Å². The van der Waals surface area contributed by atoms with Gasteiger partial charge in [-0.3, -0.25) is 9.59 Å². The fourth-order valence-electron chi connectivity index (χ4n) is 19.0. The van der Waals surface area contributed by atoms with Crippen LogP contribution in [0.25, 0.3) is 0 Å². The van der Waals surface area contributed by atoms with Crippen molar-refractivity contribution in [1.29, 1.82) is 0 Å². The van der Waals surface area contributed by atoms with Gasteiger partial charge in [-0.15, -0.1) is 0 Å². The third-order valence-corrected chi connectivity index (χ3v) is 24.9. The Labute approximate surface area is 552 Å². The van der Waals surface area contributed by atoms with E-state index in [1.807, 2.05) is 0 Å². The number of allylic oxidation sites excluding steroid dienone is 2. The molecule has 12 aliphatic rings. The first-order chi connectivity index (χ1) is 45.1. The minimum atomic E-state index is -2.09. The molecular weight excluding hydrogens is 1280 g/mol. The van der Waals surface area contributed by atoms with Crippen molar-refractivity contribution in [2.75, 3.05) is 46.2 Å². The SMILES string of the molecule is CC1OC(OC2C(OC(=O)C34CCC(C)(C)CC3C3=CCC5C6(C)CC7OC(=O)C(CO)(C7OC7OC(COC8OC(CO)C(O)C(O)C8O)C(O)C(O)C7O)C6CCC5(C)C3(C)CC4O)OCC(O)C2O)C(O)C(O)C1OC1OCC(O)C(OC2OCC(O)(CO)C2O)C1O. The van der Waals surface area contributed by atoms with E-state index in [-0.39, 0.29) is 30.6 Å². The minimum absolute atomic E-state index is 0.0544. The lowest BCUT2D eigenvalue weighted by Gasteiger charge is -2.71. The Balaban J connectivity index is 0.747. The maximum atomic E-state index is 15.6. The minimum Gasteiger partial charge on any atom is -0.459 e. The number of carbonyl (C=O) groups excluding carboxylic acids is 2. The summed E-state index contributed by atoms with van der Waals surface area (Å²) in [5, 5.41) is 197. The molecule has 5 aliphatic carbocycles. The number of hydrogen-bond donors (Lipinski definition) is 18. The predicted molar refractivity (Wildman–Crippen MR) is 311 cm³/mol. The van der Waals surface area contributed by atoms with Crippen LogP contribution in [0.2, 0.25) is 0 Å². The molecule has 7 aliphatic heterocycles. The molecule has 2 bridgehead atoms. The third kappa shape index (κ3) is 11.6. The van der Waals surface area contributed by atoms with Crippen molar-refractivity contribution >= 4 is 11.9 Å². The molecule has 0 aromatic carbocycles. The molecule has 33 heteroatoms. The Morgan fingerprint density at radius 1 is 0.594 bits per heavy atom. The molecule has 0 aromatic rings. The fraction of sp³-hybridized carbons (Fsp3) is 0.937. The van der Waals surface area contributed by atoms with Crippen LogP contribution in [0, 0.1) is 50.2 Å². The van der Waals surface area contributed by atoms with E-state index in [4.69, 9.17) is 61.6 Å². The quantitative estimate of drug-likeness (QED) is 0.0388. The standard InChI is InChI=1S/C63H98O33/c1-23-44(92-50-43(79)45(27(68)18-84-50)93-54-47(80)61(83,20-65)22-87-54)39(75)42(78)51(88-23)94-46-34(70)26(67)17-85-53(46)96-55(81)62-12-11-57(2,3)13-25(62)24-7-8-31-58(4)14-28-48(63(21-66,56(82)91-28)32(58)9-10-59(31,5)60(24,6)15-33(62)69)95-52-41(77)38(74)36(72)30(90-52)19-86-49-40(76)37(73)35(71)29(16-64)89-49/h7,23,25-54,64-80,83H,8-22H2,1-6H3. The van der Waals surface area contributed by atoms with Gasteiger partial charge in [0.05, 0.1) is 58.5 Å². The molecule has 0 amide bonds. The normalized spacial score (nSPS) is 55.4. The summed E-state index contributed by atoms with van der Waals surface area (Å²) in [4.78, 5) is 30.1. The number of carbonyl (C=O) groups is 2. The molecule has 33 nitrogen and oxygen atoms in total.